The number of ketones is 1. The van der Waals surface area contributed by atoms with E-state index in [9.17, 15) is 9.59 Å². The molecular formula is C19H15NO4. The largest absolute Gasteiger partial charge is 0.454 e. The molecule has 5 nitrogen and oxygen atoms in total. The minimum atomic E-state index is -0.227. The Morgan fingerprint density at radius 1 is 1.04 bits per heavy atom. The Bertz CT molecular complexity index is 844. The number of benzene rings is 2. The van der Waals surface area contributed by atoms with Crippen LogP contribution < -0.4 is 14.8 Å². The van der Waals surface area contributed by atoms with Crippen molar-refractivity contribution in [3.63, 3.8) is 0 Å². The number of hydrogen-bond acceptors (Lipinski definition) is 4. The van der Waals surface area contributed by atoms with Gasteiger partial charge >= 0.3 is 0 Å². The molecule has 5 heteroatoms. The smallest absolute Gasteiger partial charge is 0.252 e. The lowest BCUT2D eigenvalue weighted by Crippen LogP contribution is -2.23. The first-order valence-electron chi connectivity index (χ1n) is 7.41. The number of rotatable bonds is 3. The Balaban J connectivity index is 1.56. The summed E-state index contributed by atoms with van der Waals surface area (Å²) in [6, 6.07) is 12.1. The van der Waals surface area contributed by atoms with Gasteiger partial charge in [-0.15, -0.1) is 0 Å². The molecule has 24 heavy (non-hydrogen) atoms. The summed E-state index contributed by atoms with van der Waals surface area (Å²) in [6.07, 6.45) is 0. The number of carbonyl (C=O) groups is 2. The summed E-state index contributed by atoms with van der Waals surface area (Å²) >= 11 is 0. The Kier molecular flexibility index (Phi) is 4.48. The van der Waals surface area contributed by atoms with Crippen molar-refractivity contribution in [3.8, 4) is 23.3 Å². The van der Waals surface area contributed by atoms with Gasteiger partial charge in [0.15, 0.2) is 17.3 Å². The molecule has 1 heterocycles. The number of hydrogen-bond donors (Lipinski definition) is 1. The molecule has 120 valence electrons. The molecule has 0 spiro atoms. The van der Waals surface area contributed by atoms with Gasteiger partial charge in [-0.3, -0.25) is 9.59 Å². The molecule has 1 aliphatic heterocycles. The lowest BCUT2D eigenvalue weighted by Gasteiger charge is -2.02. The molecule has 0 atom stereocenters. The maximum Gasteiger partial charge on any atom is 0.252 e. The number of carbonyl (C=O) groups excluding carboxylic acids is 2. The van der Waals surface area contributed by atoms with Crippen LogP contribution in [0.3, 0.4) is 0 Å². The summed E-state index contributed by atoms with van der Waals surface area (Å²) < 4.78 is 10.5. The molecule has 0 bridgehead atoms. The summed E-state index contributed by atoms with van der Waals surface area (Å²) in [5.74, 6) is 6.82. The molecule has 0 radical (unpaired) electrons. The van der Waals surface area contributed by atoms with Crippen molar-refractivity contribution in [1.29, 1.82) is 0 Å². The zero-order valence-electron chi connectivity index (χ0n) is 13.1. The molecule has 0 aromatic heterocycles. The van der Waals surface area contributed by atoms with Crippen LogP contribution in [0.2, 0.25) is 0 Å². The minimum absolute atomic E-state index is 0.0190. The van der Waals surface area contributed by atoms with E-state index in [1.165, 1.54) is 6.92 Å². The first-order chi connectivity index (χ1) is 11.6. The lowest BCUT2D eigenvalue weighted by atomic mass is 10.1. The van der Waals surface area contributed by atoms with Gasteiger partial charge in [-0.25, -0.2) is 0 Å². The standard InChI is InChI=1S/C19H15NO4/c1-13(21)15-6-4-14(5-7-15)3-2-10-20-19(22)16-8-9-17-18(11-16)24-12-23-17/h4-9,11H,10,12H2,1H3,(H,20,22). The van der Waals surface area contributed by atoms with E-state index in [0.29, 0.717) is 22.6 Å². The maximum atomic E-state index is 12.1. The highest BCUT2D eigenvalue weighted by Crippen LogP contribution is 2.32. The van der Waals surface area contributed by atoms with Crippen LogP contribution in [-0.4, -0.2) is 25.0 Å². The van der Waals surface area contributed by atoms with Gasteiger partial charge in [-0.2, -0.15) is 0 Å². The van der Waals surface area contributed by atoms with Gasteiger partial charge in [0, 0.05) is 16.7 Å². The third-order valence-electron chi connectivity index (χ3n) is 3.50. The van der Waals surface area contributed by atoms with Crippen LogP contribution in [0.15, 0.2) is 42.5 Å². The molecule has 1 aliphatic rings. The number of amides is 1. The maximum absolute atomic E-state index is 12.1. The Morgan fingerprint density at radius 2 is 1.75 bits per heavy atom. The monoisotopic (exact) mass is 321 g/mol. The van der Waals surface area contributed by atoms with Gasteiger partial charge in [0.05, 0.1) is 6.54 Å². The highest BCUT2D eigenvalue weighted by Gasteiger charge is 2.15. The summed E-state index contributed by atoms with van der Waals surface area (Å²) in [7, 11) is 0. The quantitative estimate of drug-likeness (QED) is 0.696. The molecule has 0 aliphatic carbocycles. The highest BCUT2D eigenvalue weighted by molar-refractivity contribution is 5.95. The van der Waals surface area contributed by atoms with Crippen LogP contribution in [0.1, 0.15) is 33.2 Å². The van der Waals surface area contributed by atoms with E-state index >= 15 is 0 Å². The molecule has 2 aromatic carbocycles. The van der Waals surface area contributed by atoms with E-state index in [-0.39, 0.29) is 25.0 Å². The average molecular weight is 321 g/mol. The molecule has 0 saturated carbocycles. The number of nitrogens with one attached hydrogen (secondary N) is 1. The molecule has 0 fully saturated rings. The minimum Gasteiger partial charge on any atom is -0.454 e. The van der Waals surface area contributed by atoms with E-state index in [0.717, 1.165) is 5.56 Å². The van der Waals surface area contributed by atoms with Gasteiger partial charge in [-0.05, 0) is 37.3 Å². The fourth-order valence-electron chi connectivity index (χ4n) is 2.20. The second kappa shape index (κ2) is 6.88. The topological polar surface area (TPSA) is 64.6 Å². The van der Waals surface area contributed by atoms with Crippen LogP contribution in [0.4, 0.5) is 0 Å². The van der Waals surface area contributed by atoms with Crippen LogP contribution in [0.25, 0.3) is 0 Å². The van der Waals surface area contributed by atoms with Crippen LogP contribution >= 0.6 is 0 Å². The van der Waals surface area contributed by atoms with Crippen LogP contribution in [0.5, 0.6) is 11.5 Å². The normalized spacial score (nSPS) is 11.4. The van der Waals surface area contributed by atoms with Crippen molar-refractivity contribution in [2.45, 2.75) is 6.92 Å². The van der Waals surface area contributed by atoms with E-state index in [1.807, 2.05) is 0 Å². The van der Waals surface area contributed by atoms with Gasteiger partial charge in [-0.1, -0.05) is 24.0 Å². The average Bonchev–Trinajstić information content (AvgIpc) is 3.06. The van der Waals surface area contributed by atoms with E-state index in [2.05, 4.69) is 17.2 Å². The zero-order valence-corrected chi connectivity index (χ0v) is 13.1. The first-order valence-corrected chi connectivity index (χ1v) is 7.41. The van der Waals surface area contributed by atoms with Gasteiger partial charge in [0.2, 0.25) is 6.79 Å². The van der Waals surface area contributed by atoms with Crippen molar-refractivity contribution >= 4 is 11.7 Å². The number of fused-ring (bicyclic) bond motifs is 1. The third-order valence-corrected chi connectivity index (χ3v) is 3.50. The van der Waals surface area contributed by atoms with E-state index in [1.54, 1.807) is 42.5 Å². The Hall–Kier alpha value is -3.26. The zero-order chi connectivity index (χ0) is 16.9. The number of Topliss-reactive ketones (excluding diaryl/α,β-unsaturated/α-hetero) is 1. The highest BCUT2D eigenvalue weighted by atomic mass is 16.7. The van der Waals surface area contributed by atoms with Crippen molar-refractivity contribution in [1.82, 2.24) is 5.32 Å². The Morgan fingerprint density at radius 3 is 2.50 bits per heavy atom. The van der Waals surface area contributed by atoms with Crippen molar-refractivity contribution in [2.24, 2.45) is 0 Å². The van der Waals surface area contributed by atoms with Crippen molar-refractivity contribution in [3.05, 3.63) is 59.2 Å². The van der Waals surface area contributed by atoms with Gasteiger partial charge < -0.3 is 14.8 Å². The molecule has 1 amide bonds. The predicted molar refractivity (Wildman–Crippen MR) is 88.2 cm³/mol. The fraction of sp³-hybridized carbons (Fsp3) is 0.158. The molecule has 0 unspecified atom stereocenters. The molecular weight excluding hydrogens is 306 g/mol. The van der Waals surface area contributed by atoms with Crippen molar-refractivity contribution < 1.29 is 19.1 Å². The summed E-state index contributed by atoms with van der Waals surface area (Å²) in [5.41, 5.74) is 1.93. The third kappa shape index (κ3) is 3.55. The van der Waals surface area contributed by atoms with Crippen molar-refractivity contribution in [2.75, 3.05) is 13.3 Å². The summed E-state index contributed by atoms with van der Waals surface area (Å²) in [5, 5.41) is 2.73. The lowest BCUT2D eigenvalue weighted by molar-refractivity contribution is 0.0957. The summed E-state index contributed by atoms with van der Waals surface area (Å²) in [4.78, 5) is 23.3. The van der Waals surface area contributed by atoms with E-state index < -0.39 is 0 Å². The second-order valence-corrected chi connectivity index (χ2v) is 5.19. The molecule has 1 N–H and O–H groups in total. The second-order valence-electron chi connectivity index (χ2n) is 5.19. The molecule has 0 saturated heterocycles. The predicted octanol–water partition coefficient (Wildman–Crippen LogP) is 2.40. The van der Waals surface area contributed by atoms with Crippen LogP contribution in [0, 0.1) is 11.8 Å². The van der Waals surface area contributed by atoms with Crippen LogP contribution in [-0.2, 0) is 0 Å². The molecule has 3 rings (SSSR count). The van der Waals surface area contributed by atoms with E-state index in [4.69, 9.17) is 9.47 Å². The van der Waals surface area contributed by atoms with Gasteiger partial charge in [0.25, 0.3) is 5.91 Å². The fourth-order valence-corrected chi connectivity index (χ4v) is 2.20. The number of ether oxygens (including phenoxy) is 2. The van der Waals surface area contributed by atoms with Gasteiger partial charge in [0.1, 0.15) is 0 Å². The first kappa shape index (κ1) is 15.6. The Labute approximate surface area is 139 Å². The molecule has 2 aromatic rings. The SMILES string of the molecule is CC(=O)c1ccc(C#CCNC(=O)c2ccc3c(c2)OCO3)cc1. The summed E-state index contributed by atoms with van der Waals surface area (Å²) in [6.45, 7) is 1.92.